The molecular formula is C21H22ClNO5. The summed E-state index contributed by atoms with van der Waals surface area (Å²) in [6, 6.07) is 12.3. The van der Waals surface area contributed by atoms with Crippen molar-refractivity contribution >= 4 is 35.2 Å². The lowest BCUT2D eigenvalue weighted by Gasteiger charge is -2.12. The summed E-state index contributed by atoms with van der Waals surface area (Å²) in [5.74, 6) is -0.140. The maximum atomic E-state index is 11.8. The molecule has 0 fully saturated rings. The van der Waals surface area contributed by atoms with Gasteiger partial charge in [-0.2, -0.15) is 0 Å². The number of halogens is 1. The quantitative estimate of drug-likeness (QED) is 0.498. The van der Waals surface area contributed by atoms with Gasteiger partial charge in [0.2, 0.25) is 0 Å². The molecule has 7 heteroatoms. The molecule has 0 aliphatic heterocycles. The van der Waals surface area contributed by atoms with Crippen molar-refractivity contribution in [2.24, 2.45) is 0 Å². The molecule has 0 aromatic heterocycles. The normalized spacial score (nSPS) is 10.5. The van der Waals surface area contributed by atoms with Crippen LogP contribution in [0.4, 0.5) is 5.69 Å². The smallest absolute Gasteiger partial charge is 0.331 e. The van der Waals surface area contributed by atoms with E-state index in [9.17, 15) is 9.59 Å². The summed E-state index contributed by atoms with van der Waals surface area (Å²) in [5.41, 5.74) is 1.27. The molecule has 0 heterocycles. The van der Waals surface area contributed by atoms with Gasteiger partial charge in [0, 0.05) is 11.8 Å². The number of rotatable bonds is 9. The molecule has 0 bridgehead atoms. The number of hydrogen-bond donors (Lipinski definition) is 1. The Hall–Kier alpha value is -2.99. The van der Waals surface area contributed by atoms with E-state index >= 15 is 0 Å². The van der Waals surface area contributed by atoms with Crippen LogP contribution in [0.15, 0.2) is 48.5 Å². The van der Waals surface area contributed by atoms with Crippen LogP contribution >= 0.6 is 11.6 Å². The molecule has 0 aliphatic carbocycles. The van der Waals surface area contributed by atoms with Gasteiger partial charge in [-0.05, 0) is 42.3 Å². The summed E-state index contributed by atoms with van der Waals surface area (Å²) < 4.78 is 15.8. The number of carbonyl (C=O) groups excluding carboxylic acids is 2. The highest BCUT2D eigenvalue weighted by Crippen LogP contribution is 2.36. The summed E-state index contributed by atoms with van der Waals surface area (Å²) in [6.07, 6.45) is 3.58. The van der Waals surface area contributed by atoms with Gasteiger partial charge in [-0.25, -0.2) is 4.79 Å². The van der Waals surface area contributed by atoms with Crippen molar-refractivity contribution in [3.8, 4) is 11.5 Å². The zero-order chi connectivity index (χ0) is 20.4. The number of amides is 1. The third kappa shape index (κ3) is 6.63. The van der Waals surface area contributed by atoms with Crippen molar-refractivity contribution in [2.45, 2.75) is 13.3 Å². The van der Waals surface area contributed by atoms with E-state index in [2.05, 4.69) is 5.32 Å². The molecule has 6 nitrogen and oxygen atoms in total. The van der Waals surface area contributed by atoms with Crippen LogP contribution in [-0.4, -0.2) is 32.2 Å². The van der Waals surface area contributed by atoms with Crippen LogP contribution in [-0.2, 0) is 14.3 Å². The molecule has 0 atom stereocenters. The summed E-state index contributed by atoms with van der Waals surface area (Å²) in [6.45, 7) is 2.12. The lowest BCUT2D eigenvalue weighted by atomic mass is 10.2. The Kier molecular flexibility index (Phi) is 8.37. The number of anilines is 1. The highest BCUT2D eigenvalue weighted by Gasteiger charge is 2.11. The number of carbonyl (C=O) groups is 2. The number of para-hydroxylation sites is 1. The van der Waals surface area contributed by atoms with Gasteiger partial charge in [0.15, 0.2) is 18.1 Å². The maximum Gasteiger partial charge on any atom is 0.331 e. The molecule has 28 heavy (non-hydrogen) atoms. The highest BCUT2D eigenvalue weighted by atomic mass is 35.5. The zero-order valence-electron chi connectivity index (χ0n) is 15.7. The van der Waals surface area contributed by atoms with E-state index < -0.39 is 11.9 Å². The molecule has 2 aromatic rings. The minimum atomic E-state index is -0.649. The first-order valence-electron chi connectivity index (χ1n) is 8.73. The van der Waals surface area contributed by atoms with Crippen molar-refractivity contribution in [1.29, 1.82) is 0 Å². The van der Waals surface area contributed by atoms with Crippen molar-refractivity contribution < 1.29 is 23.8 Å². The number of methoxy groups -OCH3 is 1. The fourth-order valence-electron chi connectivity index (χ4n) is 2.25. The van der Waals surface area contributed by atoms with E-state index in [0.717, 1.165) is 6.42 Å². The molecule has 2 rings (SSSR count). The van der Waals surface area contributed by atoms with Gasteiger partial charge in [-0.3, -0.25) is 4.79 Å². The van der Waals surface area contributed by atoms with Crippen LogP contribution in [0.5, 0.6) is 11.5 Å². The average Bonchev–Trinajstić information content (AvgIpc) is 2.70. The van der Waals surface area contributed by atoms with Gasteiger partial charge < -0.3 is 19.5 Å². The van der Waals surface area contributed by atoms with E-state index in [-0.39, 0.29) is 6.61 Å². The lowest BCUT2D eigenvalue weighted by molar-refractivity contribution is -0.142. The zero-order valence-corrected chi connectivity index (χ0v) is 16.5. The van der Waals surface area contributed by atoms with Crippen LogP contribution in [0.2, 0.25) is 5.02 Å². The standard InChI is InChI=1S/C21H22ClNO5/c1-3-11-27-21-17(22)12-15(13-18(21)26-2)9-10-20(25)28-14-19(24)23-16-7-5-4-6-8-16/h4-10,12-13H,3,11,14H2,1-2H3,(H,23,24)/b10-9+. The Balaban J connectivity index is 1.92. The summed E-state index contributed by atoms with van der Waals surface area (Å²) in [4.78, 5) is 23.6. The van der Waals surface area contributed by atoms with E-state index in [1.807, 2.05) is 13.0 Å². The van der Waals surface area contributed by atoms with Gasteiger partial charge in [-0.1, -0.05) is 36.7 Å². The third-order valence-corrected chi connectivity index (χ3v) is 3.80. The molecule has 0 spiro atoms. The van der Waals surface area contributed by atoms with Crippen LogP contribution < -0.4 is 14.8 Å². The van der Waals surface area contributed by atoms with Crippen LogP contribution in [0.1, 0.15) is 18.9 Å². The number of benzene rings is 2. The van der Waals surface area contributed by atoms with Crippen molar-refractivity contribution in [1.82, 2.24) is 0 Å². The Morgan fingerprint density at radius 2 is 1.93 bits per heavy atom. The summed E-state index contributed by atoms with van der Waals surface area (Å²) in [7, 11) is 1.51. The molecule has 2 aromatic carbocycles. The fourth-order valence-corrected chi connectivity index (χ4v) is 2.52. The Labute approximate surface area is 169 Å². The molecule has 1 amide bonds. The SMILES string of the molecule is CCCOc1c(Cl)cc(/C=C/C(=O)OCC(=O)Nc2ccccc2)cc1OC. The first-order chi connectivity index (χ1) is 13.5. The maximum absolute atomic E-state index is 11.8. The van der Waals surface area contributed by atoms with Gasteiger partial charge in [-0.15, -0.1) is 0 Å². The highest BCUT2D eigenvalue weighted by molar-refractivity contribution is 6.32. The second-order valence-electron chi connectivity index (χ2n) is 5.74. The topological polar surface area (TPSA) is 73.9 Å². The lowest BCUT2D eigenvalue weighted by Crippen LogP contribution is -2.20. The molecule has 148 valence electrons. The second-order valence-corrected chi connectivity index (χ2v) is 6.15. The second kappa shape index (κ2) is 11.0. The minimum absolute atomic E-state index is 0.378. The Morgan fingerprint density at radius 3 is 2.61 bits per heavy atom. The molecule has 0 saturated carbocycles. The van der Waals surface area contributed by atoms with E-state index in [4.69, 9.17) is 25.8 Å². The molecule has 0 aliphatic rings. The van der Waals surface area contributed by atoms with E-state index in [1.54, 1.807) is 36.4 Å². The van der Waals surface area contributed by atoms with Crippen molar-refractivity contribution in [3.63, 3.8) is 0 Å². The predicted molar refractivity (Wildman–Crippen MR) is 109 cm³/mol. The monoisotopic (exact) mass is 403 g/mol. The molecule has 0 radical (unpaired) electrons. The third-order valence-electron chi connectivity index (χ3n) is 3.52. The van der Waals surface area contributed by atoms with Crippen LogP contribution in [0, 0.1) is 0 Å². The van der Waals surface area contributed by atoms with Gasteiger partial charge >= 0.3 is 5.97 Å². The van der Waals surface area contributed by atoms with Crippen molar-refractivity contribution in [2.75, 3.05) is 25.6 Å². The Morgan fingerprint density at radius 1 is 1.18 bits per heavy atom. The summed E-state index contributed by atoms with van der Waals surface area (Å²) in [5, 5.41) is 3.01. The van der Waals surface area contributed by atoms with Gasteiger partial charge in [0.1, 0.15) is 0 Å². The van der Waals surface area contributed by atoms with E-state index in [1.165, 1.54) is 19.3 Å². The average molecular weight is 404 g/mol. The van der Waals surface area contributed by atoms with E-state index in [0.29, 0.717) is 34.4 Å². The predicted octanol–water partition coefficient (Wildman–Crippen LogP) is 4.33. The Bertz CT molecular complexity index is 836. The van der Waals surface area contributed by atoms with Crippen molar-refractivity contribution in [3.05, 3.63) is 59.1 Å². The number of ether oxygens (including phenoxy) is 3. The number of hydrogen-bond acceptors (Lipinski definition) is 5. The largest absolute Gasteiger partial charge is 0.493 e. The first kappa shape index (κ1) is 21.3. The summed E-state index contributed by atoms with van der Waals surface area (Å²) >= 11 is 6.24. The minimum Gasteiger partial charge on any atom is -0.493 e. The van der Waals surface area contributed by atoms with Gasteiger partial charge in [0.25, 0.3) is 5.91 Å². The number of esters is 1. The van der Waals surface area contributed by atoms with Crippen LogP contribution in [0.3, 0.4) is 0 Å². The first-order valence-corrected chi connectivity index (χ1v) is 9.11. The molecule has 0 unspecified atom stereocenters. The molecular weight excluding hydrogens is 382 g/mol. The fraction of sp³-hybridized carbons (Fsp3) is 0.238. The van der Waals surface area contributed by atoms with Crippen LogP contribution in [0.25, 0.3) is 6.08 Å². The molecule has 1 N–H and O–H groups in total. The number of nitrogens with one attached hydrogen (secondary N) is 1. The van der Waals surface area contributed by atoms with Gasteiger partial charge in [0.05, 0.1) is 18.7 Å². The molecule has 0 saturated heterocycles.